The average molecular weight is 299 g/mol. The van der Waals surface area contributed by atoms with E-state index < -0.39 is 12.0 Å². The Morgan fingerprint density at radius 1 is 1.48 bits per heavy atom. The molecular formula is C14H25N3O4. The zero-order chi connectivity index (χ0) is 16.0. The topological polar surface area (TPSA) is 90.0 Å². The van der Waals surface area contributed by atoms with Gasteiger partial charge < -0.3 is 20.2 Å². The van der Waals surface area contributed by atoms with Crippen LogP contribution < -0.4 is 5.32 Å². The molecule has 0 bridgehead atoms. The van der Waals surface area contributed by atoms with E-state index in [9.17, 15) is 14.4 Å². The second-order valence-electron chi connectivity index (χ2n) is 5.48. The lowest BCUT2D eigenvalue weighted by molar-refractivity contribution is -0.137. The van der Waals surface area contributed by atoms with E-state index in [1.54, 1.807) is 9.80 Å². The number of carbonyl (C=O) groups excluding carboxylic acids is 2. The fourth-order valence-corrected chi connectivity index (χ4v) is 2.49. The summed E-state index contributed by atoms with van der Waals surface area (Å²) in [7, 11) is 0. The van der Waals surface area contributed by atoms with Gasteiger partial charge in [0.05, 0.1) is 0 Å². The zero-order valence-corrected chi connectivity index (χ0v) is 13.0. The highest BCUT2D eigenvalue weighted by atomic mass is 16.4. The first-order valence-corrected chi connectivity index (χ1v) is 7.45. The van der Waals surface area contributed by atoms with Gasteiger partial charge in [-0.15, -0.1) is 0 Å². The Kier molecular flexibility index (Phi) is 6.45. The van der Waals surface area contributed by atoms with Gasteiger partial charge in [-0.05, 0) is 26.7 Å². The van der Waals surface area contributed by atoms with E-state index in [2.05, 4.69) is 5.32 Å². The quantitative estimate of drug-likeness (QED) is 0.762. The first-order valence-electron chi connectivity index (χ1n) is 7.45. The summed E-state index contributed by atoms with van der Waals surface area (Å²) in [6.07, 6.45) is 1.02. The summed E-state index contributed by atoms with van der Waals surface area (Å²) >= 11 is 0. The zero-order valence-electron chi connectivity index (χ0n) is 13.0. The molecule has 1 saturated heterocycles. The highest BCUT2D eigenvalue weighted by Gasteiger charge is 2.34. The Morgan fingerprint density at radius 2 is 2.14 bits per heavy atom. The molecule has 1 aliphatic rings. The molecule has 0 saturated carbocycles. The van der Waals surface area contributed by atoms with E-state index in [0.717, 1.165) is 0 Å². The van der Waals surface area contributed by atoms with Crippen LogP contribution in [0.4, 0.5) is 4.79 Å². The number of aliphatic carboxylic acids is 1. The summed E-state index contributed by atoms with van der Waals surface area (Å²) in [4.78, 5) is 38.3. The maximum Gasteiger partial charge on any atom is 0.320 e. The fourth-order valence-electron chi connectivity index (χ4n) is 2.49. The number of nitrogens with one attached hydrogen (secondary N) is 1. The highest BCUT2D eigenvalue weighted by molar-refractivity contribution is 5.88. The Morgan fingerprint density at radius 3 is 2.67 bits per heavy atom. The summed E-state index contributed by atoms with van der Waals surface area (Å²) in [5, 5.41) is 11.5. The SMILES string of the molecule is CCC1C(=O)NCCN1C(=O)N(CCCC(=O)O)C(C)C. The lowest BCUT2D eigenvalue weighted by atomic mass is 10.1. The van der Waals surface area contributed by atoms with Gasteiger partial charge in [-0.25, -0.2) is 4.79 Å². The molecule has 0 spiro atoms. The second-order valence-corrected chi connectivity index (χ2v) is 5.48. The number of hydrogen-bond donors (Lipinski definition) is 2. The predicted octanol–water partition coefficient (Wildman–Crippen LogP) is 0.892. The first kappa shape index (κ1) is 17.3. The lowest BCUT2D eigenvalue weighted by Gasteiger charge is -2.39. The van der Waals surface area contributed by atoms with Crippen molar-refractivity contribution in [2.75, 3.05) is 19.6 Å². The van der Waals surface area contributed by atoms with Crippen molar-refractivity contribution in [3.8, 4) is 0 Å². The van der Waals surface area contributed by atoms with E-state index in [4.69, 9.17) is 5.11 Å². The Labute approximate surface area is 125 Å². The van der Waals surface area contributed by atoms with Gasteiger partial charge in [-0.3, -0.25) is 9.59 Å². The normalized spacial score (nSPS) is 18.6. The number of carboxylic acids is 1. The summed E-state index contributed by atoms with van der Waals surface area (Å²) in [5.74, 6) is -0.985. The lowest BCUT2D eigenvalue weighted by Crippen LogP contribution is -2.60. The van der Waals surface area contributed by atoms with Crippen LogP contribution in [0.2, 0.25) is 0 Å². The molecule has 1 fully saturated rings. The summed E-state index contributed by atoms with van der Waals surface area (Å²) in [5.41, 5.74) is 0. The molecule has 1 rings (SSSR count). The van der Waals surface area contributed by atoms with Crippen LogP contribution in [0.5, 0.6) is 0 Å². The number of hydrogen-bond acceptors (Lipinski definition) is 3. The van der Waals surface area contributed by atoms with Crippen molar-refractivity contribution in [2.24, 2.45) is 0 Å². The molecule has 1 aliphatic heterocycles. The maximum atomic E-state index is 12.7. The molecule has 0 aromatic heterocycles. The van der Waals surface area contributed by atoms with Gasteiger partial charge in [0.2, 0.25) is 5.91 Å². The van der Waals surface area contributed by atoms with E-state index in [-0.39, 0.29) is 24.4 Å². The molecule has 2 N–H and O–H groups in total. The molecular weight excluding hydrogens is 274 g/mol. The summed E-state index contributed by atoms with van der Waals surface area (Å²) in [6, 6.07) is -0.655. The van der Waals surface area contributed by atoms with Crippen molar-refractivity contribution >= 4 is 17.9 Å². The smallest absolute Gasteiger partial charge is 0.320 e. The molecule has 120 valence electrons. The van der Waals surface area contributed by atoms with Crippen LogP contribution in [0.15, 0.2) is 0 Å². The minimum absolute atomic E-state index is 0.0335. The number of amides is 3. The summed E-state index contributed by atoms with van der Waals surface area (Å²) < 4.78 is 0. The van der Waals surface area contributed by atoms with Crippen molar-refractivity contribution in [1.29, 1.82) is 0 Å². The van der Waals surface area contributed by atoms with Crippen molar-refractivity contribution < 1.29 is 19.5 Å². The third kappa shape index (κ3) is 4.61. The highest BCUT2D eigenvalue weighted by Crippen LogP contribution is 2.14. The minimum atomic E-state index is -0.866. The molecule has 0 radical (unpaired) electrons. The van der Waals surface area contributed by atoms with Crippen LogP contribution in [-0.4, -0.2) is 64.5 Å². The molecule has 1 unspecified atom stereocenters. The molecule has 1 heterocycles. The predicted molar refractivity (Wildman–Crippen MR) is 77.9 cm³/mol. The third-order valence-corrected chi connectivity index (χ3v) is 3.62. The van der Waals surface area contributed by atoms with Gasteiger partial charge >= 0.3 is 12.0 Å². The van der Waals surface area contributed by atoms with E-state index >= 15 is 0 Å². The fraction of sp³-hybridized carbons (Fsp3) is 0.786. The molecule has 7 heteroatoms. The molecule has 21 heavy (non-hydrogen) atoms. The number of carbonyl (C=O) groups is 3. The second kappa shape index (κ2) is 7.85. The van der Waals surface area contributed by atoms with Crippen molar-refractivity contribution in [3.05, 3.63) is 0 Å². The standard InChI is InChI=1S/C14H25N3O4/c1-4-11-13(20)15-7-9-17(11)14(21)16(10(2)3)8-5-6-12(18)19/h10-11H,4-9H2,1-3H3,(H,15,20)(H,18,19). The number of piperazine rings is 1. The van der Waals surface area contributed by atoms with Crippen LogP contribution in [0.1, 0.15) is 40.0 Å². The number of urea groups is 1. The van der Waals surface area contributed by atoms with E-state index in [1.807, 2.05) is 20.8 Å². The van der Waals surface area contributed by atoms with Gasteiger partial charge in [0.15, 0.2) is 0 Å². The minimum Gasteiger partial charge on any atom is -0.481 e. The number of nitrogens with zero attached hydrogens (tertiary/aromatic N) is 2. The van der Waals surface area contributed by atoms with Crippen molar-refractivity contribution in [3.63, 3.8) is 0 Å². The van der Waals surface area contributed by atoms with Crippen LogP contribution in [0.3, 0.4) is 0 Å². The Bertz CT molecular complexity index is 398. The van der Waals surface area contributed by atoms with Gasteiger partial charge in [0, 0.05) is 32.1 Å². The maximum absolute atomic E-state index is 12.7. The van der Waals surface area contributed by atoms with Gasteiger partial charge in [-0.1, -0.05) is 6.92 Å². The molecule has 0 aliphatic carbocycles. The molecule has 7 nitrogen and oxygen atoms in total. The first-order chi connectivity index (χ1) is 9.88. The molecule has 0 aromatic carbocycles. The number of rotatable bonds is 6. The van der Waals surface area contributed by atoms with Crippen LogP contribution in [-0.2, 0) is 9.59 Å². The van der Waals surface area contributed by atoms with Gasteiger partial charge in [0.1, 0.15) is 6.04 Å². The summed E-state index contributed by atoms with van der Waals surface area (Å²) in [6.45, 7) is 7.00. The van der Waals surface area contributed by atoms with Crippen molar-refractivity contribution in [1.82, 2.24) is 15.1 Å². The third-order valence-electron chi connectivity index (χ3n) is 3.62. The van der Waals surface area contributed by atoms with E-state index in [1.165, 1.54) is 0 Å². The van der Waals surface area contributed by atoms with Crippen molar-refractivity contribution in [2.45, 2.75) is 52.1 Å². The largest absolute Gasteiger partial charge is 0.481 e. The molecule has 1 atom stereocenters. The van der Waals surface area contributed by atoms with Crippen LogP contribution in [0.25, 0.3) is 0 Å². The van der Waals surface area contributed by atoms with Crippen LogP contribution >= 0.6 is 0 Å². The van der Waals surface area contributed by atoms with Gasteiger partial charge in [-0.2, -0.15) is 0 Å². The van der Waals surface area contributed by atoms with Crippen LogP contribution in [0, 0.1) is 0 Å². The number of carboxylic acid groups (broad SMARTS) is 1. The Hall–Kier alpha value is -1.79. The average Bonchev–Trinajstić information content (AvgIpc) is 2.42. The molecule has 3 amide bonds. The van der Waals surface area contributed by atoms with E-state index in [0.29, 0.717) is 32.5 Å². The molecule has 0 aromatic rings. The Balaban J connectivity index is 2.74. The van der Waals surface area contributed by atoms with Gasteiger partial charge in [0.25, 0.3) is 0 Å². The monoisotopic (exact) mass is 299 g/mol.